The molecule has 3 aromatic rings. The van der Waals surface area contributed by atoms with Crippen LogP contribution in [0.4, 0.5) is 5.95 Å². The van der Waals surface area contributed by atoms with E-state index in [4.69, 9.17) is 4.74 Å². The van der Waals surface area contributed by atoms with E-state index < -0.39 is 0 Å². The molecule has 0 atom stereocenters. The molecule has 0 bridgehead atoms. The Labute approximate surface area is 163 Å². The van der Waals surface area contributed by atoms with Gasteiger partial charge < -0.3 is 24.6 Å². The third-order valence-corrected chi connectivity index (χ3v) is 4.91. The van der Waals surface area contributed by atoms with Crippen molar-refractivity contribution in [2.75, 3.05) is 38.2 Å². The first-order valence-corrected chi connectivity index (χ1v) is 9.55. The first-order valence-electron chi connectivity index (χ1n) is 9.55. The summed E-state index contributed by atoms with van der Waals surface area (Å²) in [5.41, 5.74) is 3.45. The van der Waals surface area contributed by atoms with Gasteiger partial charge in [0.15, 0.2) is 0 Å². The highest BCUT2D eigenvalue weighted by molar-refractivity contribution is 5.97. The molecule has 1 fully saturated rings. The summed E-state index contributed by atoms with van der Waals surface area (Å²) in [5, 5.41) is 12.8. The maximum Gasteiger partial charge on any atom is 0.254 e. The van der Waals surface area contributed by atoms with Crippen molar-refractivity contribution < 1.29 is 14.6 Å². The Balaban J connectivity index is 1.71. The molecule has 1 amide bonds. The molecule has 1 aromatic heterocycles. The Hall–Kier alpha value is -3.06. The van der Waals surface area contributed by atoms with Crippen LogP contribution in [-0.4, -0.2) is 58.3 Å². The summed E-state index contributed by atoms with van der Waals surface area (Å²) in [6.07, 6.45) is 0. The lowest BCUT2D eigenvalue weighted by Crippen LogP contribution is -2.40. The number of hydrogen-bond donors (Lipinski definition) is 2. The first kappa shape index (κ1) is 18.3. The van der Waals surface area contributed by atoms with E-state index in [1.54, 1.807) is 12.1 Å². The number of morpholine rings is 1. The third-order valence-electron chi connectivity index (χ3n) is 4.91. The van der Waals surface area contributed by atoms with Gasteiger partial charge >= 0.3 is 0 Å². The zero-order valence-corrected chi connectivity index (χ0v) is 15.9. The number of aromatic hydroxyl groups is 1. The number of carbonyl (C=O) groups excluding carboxylic acids is 1. The van der Waals surface area contributed by atoms with E-state index in [9.17, 15) is 9.90 Å². The second kappa shape index (κ2) is 7.90. The van der Waals surface area contributed by atoms with Gasteiger partial charge in [0.1, 0.15) is 5.75 Å². The average molecular weight is 380 g/mol. The monoisotopic (exact) mass is 380 g/mol. The number of hydrogen-bond acceptors (Lipinski definition) is 5. The van der Waals surface area contributed by atoms with Crippen molar-refractivity contribution in [1.82, 2.24) is 14.5 Å². The Morgan fingerprint density at radius 1 is 1.18 bits per heavy atom. The van der Waals surface area contributed by atoms with Crippen molar-refractivity contribution in [2.45, 2.75) is 13.5 Å². The molecule has 4 rings (SSSR count). The number of phenolic OH excluding ortho intramolecular Hbond substituents is 1. The van der Waals surface area contributed by atoms with Crippen LogP contribution in [0.3, 0.4) is 0 Å². The van der Waals surface area contributed by atoms with Crippen LogP contribution in [0.25, 0.3) is 11.0 Å². The number of nitrogens with zero attached hydrogens (tertiary/aromatic N) is 3. The summed E-state index contributed by atoms with van der Waals surface area (Å²) < 4.78 is 7.42. The van der Waals surface area contributed by atoms with Crippen LogP contribution in [0.1, 0.15) is 22.8 Å². The minimum absolute atomic E-state index is 0.0209. The standard InChI is InChI=1S/C21H24N4O3/c1-2-22-21-23-18-8-5-16(20(27)24-9-11-28-12-10-24)13-19(18)25(21)14-15-3-6-17(26)7-4-15/h3-8,13,26H,2,9-12,14H2,1H3,(H,22,23). The van der Waals surface area contributed by atoms with E-state index in [1.165, 1.54) is 0 Å². The second-order valence-electron chi connectivity index (χ2n) is 6.83. The normalized spacial score (nSPS) is 14.4. The average Bonchev–Trinajstić information content (AvgIpc) is 3.06. The fourth-order valence-electron chi connectivity index (χ4n) is 3.44. The molecular formula is C21H24N4O3. The van der Waals surface area contributed by atoms with Gasteiger partial charge in [-0.15, -0.1) is 0 Å². The molecule has 1 saturated heterocycles. The van der Waals surface area contributed by atoms with Gasteiger partial charge in [0.05, 0.1) is 30.8 Å². The van der Waals surface area contributed by atoms with Gasteiger partial charge in [-0.3, -0.25) is 4.79 Å². The Morgan fingerprint density at radius 2 is 1.93 bits per heavy atom. The molecule has 0 spiro atoms. The summed E-state index contributed by atoms with van der Waals surface area (Å²) in [6, 6.07) is 12.8. The lowest BCUT2D eigenvalue weighted by molar-refractivity contribution is 0.0303. The van der Waals surface area contributed by atoms with Crippen LogP contribution in [0.5, 0.6) is 5.75 Å². The molecule has 2 N–H and O–H groups in total. The predicted octanol–water partition coefficient (Wildman–Crippen LogP) is 2.69. The van der Waals surface area contributed by atoms with Crippen molar-refractivity contribution >= 4 is 22.9 Å². The number of carbonyl (C=O) groups is 1. The van der Waals surface area contributed by atoms with Gasteiger partial charge in [-0.05, 0) is 42.8 Å². The van der Waals surface area contributed by atoms with Crippen LogP contribution in [0, 0.1) is 0 Å². The fourth-order valence-corrected chi connectivity index (χ4v) is 3.44. The minimum Gasteiger partial charge on any atom is -0.508 e. The number of amides is 1. The number of aromatic nitrogens is 2. The SMILES string of the molecule is CCNc1nc2ccc(C(=O)N3CCOCC3)cc2n1Cc1ccc(O)cc1. The smallest absolute Gasteiger partial charge is 0.254 e. The van der Waals surface area contributed by atoms with Crippen molar-refractivity contribution in [1.29, 1.82) is 0 Å². The van der Waals surface area contributed by atoms with E-state index >= 15 is 0 Å². The molecule has 2 aromatic carbocycles. The molecule has 28 heavy (non-hydrogen) atoms. The van der Waals surface area contributed by atoms with Crippen molar-refractivity contribution in [2.24, 2.45) is 0 Å². The van der Waals surface area contributed by atoms with E-state index in [0.717, 1.165) is 29.1 Å². The van der Waals surface area contributed by atoms with Crippen molar-refractivity contribution in [3.05, 3.63) is 53.6 Å². The topological polar surface area (TPSA) is 79.6 Å². The molecule has 1 aliphatic heterocycles. The lowest BCUT2D eigenvalue weighted by Gasteiger charge is -2.26. The Bertz CT molecular complexity index is 975. The van der Waals surface area contributed by atoms with Gasteiger partial charge in [0, 0.05) is 25.2 Å². The summed E-state index contributed by atoms with van der Waals surface area (Å²) >= 11 is 0. The third kappa shape index (κ3) is 3.66. The molecule has 7 nitrogen and oxygen atoms in total. The number of fused-ring (bicyclic) bond motifs is 1. The Morgan fingerprint density at radius 3 is 2.64 bits per heavy atom. The number of ether oxygens (including phenoxy) is 1. The zero-order chi connectivity index (χ0) is 19.5. The highest BCUT2D eigenvalue weighted by Gasteiger charge is 2.20. The highest BCUT2D eigenvalue weighted by Crippen LogP contribution is 2.24. The zero-order valence-electron chi connectivity index (χ0n) is 15.9. The maximum absolute atomic E-state index is 12.9. The summed E-state index contributed by atoms with van der Waals surface area (Å²) in [4.78, 5) is 19.4. The second-order valence-corrected chi connectivity index (χ2v) is 6.83. The molecule has 0 saturated carbocycles. The number of nitrogens with one attached hydrogen (secondary N) is 1. The molecule has 1 aliphatic rings. The molecular weight excluding hydrogens is 356 g/mol. The number of anilines is 1. The highest BCUT2D eigenvalue weighted by atomic mass is 16.5. The molecule has 0 aliphatic carbocycles. The Kier molecular flexibility index (Phi) is 5.16. The number of imidazole rings is 1. The fraction of sp³-hybridized carbons (Fsp3) is 0.333. The minimum atomic E-state index is 0.0209. The van der Waals surface area contributed by atoms with Crippen molar-refractivity contribution in [3.8, 4) is 5.75 Å². The molecule has 0 unspecified atom stereocenters. The van der Waals surface area contributed by atoms with E-state index in [1.807, 2.05) is 42.2 Å². The van der Waals surface area contributed by atoms with E-state index in [-0.39, 0.29) is 11.7 Å². The summed E-state index contributed by atoms with van der Waals surface area (Å²) in [6.45, 7) is 5.76. The number of benzene rings is 2. The van der Waals surface area contributed by atoms with Gasteiger partial charge in [0.2, 0.25) is 5.95 Å². The first-order chi connectivity index (χ1) is 13.7. The molecule has 7 heteroatoms. The summed E-state index contributed by atoms with van der Waals surface area (Å²) in [7, 11) is 0. The van der Waals surface area contributed by atoms with Crippen molar-refractivity contribution in [3.63, 3.8) is 0 Å². The number of phenols is 1. The summed E-state index contributed by atoms with van der Waals surface area (Å²) in [5.74, 6) is 1.03. The van der Waals surface area contributed by atoms with Crippen LogP contribution in [-0.2, 0) is 11.3 Å². The maximum atomic E-state index is 12.9. The van der Waals surface area contributed by atoms with Gasteiger partial charge in [0.25, 0.3) is 5.91 Å². The molecule has 2 heterocycles. The quantitative estimate of drug-likeness (QED) is 0.711. The van der Waals surface area contributed by atoms with E-state index in [0.29, 0.717) is 38.4 Å². The lowest BCUT2D eigenvalue weighted by atomic mass is 10.1. The molecule has 0 radical (unpaired) electrons. The van der Waals surface area contributed by atoms with E-state index in [2.05, 4.69) is 14.9 Å². The van der Waals surface area contributed by atoms with Gasteiger partial charge in [-0.2, -0.15) is 0 Å². The van der Waals surface area contributed by atoms with Gasteiger partial charge in [-0.1, -0.05) is 12.1 Å². The van der Waals surface area contributed by atoms with Gasteiger partial charge in [-0.25, -0.2) is 4.98 Å². The largest absolute Gasteiger partial charge is 0.508 e. The predicted molar refractivity (Wildman–Crippen MR) is 108 cm³/mol. The number of rotatable bonds is 5. The van der Waals surface area contributed by atoms with Crippen LogP contribution >= 0.6 is 0 Å². The van der Waals surface area contributed by atoms with Crippen LogP contribution in [0.2, 0.25) is 0 Å². The van der Waals surface area contributed by atoms with Crippen LogP contribution < -0.4 is 5.32 Å². The molecule has 146 valence electrons. The van der Waals surface area contributed by atoms with Crippen LogP contribution in [0.15, 0.2) is 42.5 Å².